The van der Waals surface area contributed by atoms with Crippen LogP contribution in [-0.4, -0.2) is 28.6 Å². The number of cyclic esters (lactones) is 1. The molecule has 0 unspecified atom stereocenters. The number of carbonyl (C=O) groups excluding carboxylic acids is 1. The fourth-order valence-electron chi connectivity index (χ4n) is 2.07. The van der Waals surface area contributed by atoms with Crippen LogP contribution in [0.3, 0.4) is 0 Å². The van der Waals surface area contributed by atoms with E-state index >= 15 is 0 Å². The van der Waals surface area contributed by atoms with E-state index in [9.17, 15) is 9.90 Å². The van der Waals surface area contributed by atoms with Gasteiger partial charge in [0.25, 0.3) is 5.79 Å². The molecule has 0 aromatic rings. The molecule has 1 fully saturated rings. The van der Waals surface area contributed by atoms with Crippen LogP contribution in [0.1, 0.15) is 19.3 Å². The fraction of sp³-hybridized carbons (Fsp3) is 0.667. The average molecular weight is 184 g/mol. The first-order valence-electron chi connectivity index (χ1n) is 4.41. The Morgan fingerprint density at radius 2 is 2.46 bits per heavy atom. The van der Waals surface area contributed by atoms with E-state index in [1.165, 1.54) is 0 Å². The van der Waals surface area contributed by atoms with Crippen LogP contribution in [0.4, 0.5) is 0 Å². The number of allylic oxidation sites excluding steroid dienone is 1. The van der Waals surface area contributed by atoms with E-state index in [0.717, 1.165) is 12.8 Å². The van der Waals surface area contributed by atoms with Crippen molar-refractivity contribution in [2.24, 2.45) is 5.92 Å². The molecule has 1 saturated heterocycles. The molecule has 2 N–H and O–H groups in total. The molecule has 1 heterocycles. The van der Waals surface area contributed by atoms with Crippen LogP contribution < -0.4 is 0 Å². The molecule has 4 nitrogen and oxygen atoms in total. The van der Waals surface area contributed by atoms with Crippen LogP contribution in [0.25, 0.3) is 0 Å². The number of carbonyl (C=O) groups is 1. The van der Waals surface area contributed by atoms with Crippen molar-refractivity contribution in [3.63, 3.8) is 0 Å². The van der Waals surface area contributed by atoms with Crippen molar-refractivity contribution < 1.29 is 19.7 Å². The number of aliphatic hydroxyl groups excluding tert-OH is 1. The summed E-state index contributed by atoms with van der Waals surface area (Å²) >= 11 is 0. The molecule has 4 heteroatoms. The third-order valence-electron chi connectivity index (χ3n) is 2.68. The Labute approximate surface area is 75.8 Å². The first-order valence-corrected chi connectivity index (χ1v) is 4.41. The first kappa shape index (κ1) is 8.72. The lowest BCUT2D eigenvalue weighted by atomic mass is 9.89. The van der Waals surface area contributed by atoms with Crippen LogP contribution in [0, 0.1) is 5.92 Å². The van der Waals surface area contributed by atoms with Crippen LogP contribution in [-0.2, 0) is 9.53 Å². The summed E-state index contributed by atoms with van der Waals surface area (Å²) in [5.74, 6) is -2.10. The average Bonchev–Trinajstić information content (AvgIpc) is 2.52. The van der Waals surface area contributed by atoms with E-state index in [2.05, 4.69) is 0 Å². The number of hydrogen-bond acceptors (Lipinski definition) is 4. The second-order valence-corrected chi connectivity index (χ2v) is 3.55. The first-order chi connectivity index (χ1) is 6.15. The minimum Gasteiger partial charge on any atom is -0.426 e. The van der Waals surface area contributed by atoms with Crippen molar-refractivity contribution in [1.82, 2.24) is 0 Å². The number of ether oxygens (including phenoxy) is 1. The summed E-state index contributed by atoms with van der Waals surface area (Å²) in [5, 5.41) is 18.7. The van der Waals surface area contributed by atoms with Gasteiger partial charge in [-0.2, -0.15) is 0 Å². The molecule has 72 valence electrons. The lowest BCUT2D eigenvalue weighted by Gasteiger charge is -2.35. The summed E-state index contributed by atoms with van der Waals surface area (Å²) < 4.78 is 4.74. The summed E-state index contributed by atoms with van der Waals surface area (Å²) in [7, 11) is 0. The van der Waals surface area contributed by atoms with Crippen LogP contribution >= 0.6 is 0 Å². The number of hydrogen-bond donors (Lipinski definition) is 2. The molecule has 0 bridgehead atoms. The molecular weight excluding hydrogens is 172 g/mol. The van der Waals surface area contributed by atoms with Gasteiger partial charge >= 0.3 is 5.97 Å². The van der Waals surface area contributed by atoms with E-state index in [0.29, 0.717) is 12.0 Å². The van der Waals surface area contributed by atoms with E-state index in [1.807, 2.05) is 6.08 Å². The Balaban J connectivity index is 2.30. The normalized spacial score (nSPS) is 38.2. The van der Waals surface area contributed by atoms with Crippen LogP contribution in [0.5, 0.6) is 0 Å². The van der Waals surface area contributed by atoms with Crippen molar-refractivity contribution >= 4 is 5.97 Å². The van der Waals surface area contributed by atoms with Crippen molar-refractivity contribution in [1.29, 1.82) is 0 Å². The summed E-state index contributed by atoms with van der Waals surface area (Å²) in [4.78, 5) is 11.1. The van der Waals surface area contributed by atoms with Crippen molar-refractivity contribution in [3.8, 4) is 0 Å². The molecule has 0 aromatic heterocycles. The van der Waals surface area contributed by atoms with Crippen molar-refractivity contribution in [2.75, 3.05) is 6.61 Å². The van der Waals surface area contributed by atoms with Gasteiger partial charge in [-0.05, 0) is 18.8 Å². The fourth-order valence-corrected chi connectivity index (χ4v) is 2.07. The van der Waals surface area contributed by atoms with E-state index < -0.39 is 18.4 Å². The Kier molecular flexibility index (Phi) is 1.89. The maximum absolute atomic E-state index is 11.1. The van der Waals surface area contributed by atoms with Gasteiger partial charge in [0.1, 0.15) is 6.61 Å². The molecule has 0 amide bonds. The monoisotopic (exact) mass is 184 g/mol. The van der Waals surface area contributed by atoms with Gasteiger partial charge in [0.05, 0.1) is 6.42 Å². The topological polar surface area (TPSA) is 66.8 Å². The van der Waals surface area contributed by atoms with Crippen molar-refractivity contribution in [2.45, 2.75) is 25.0 Å². The molecule has 0 saturated carbocycles. The van der Waals surface area contributed by atoms with Crippen LogP contribution in [0.2, 0.25) is 0 Å². The minimum absolute atomic E-state index is 0.0680. The molecule has 0 radical (unpaired) electrons. The molecule has 1 aliphatic heterocycles. The van der Waals surface area contributed by atoms with E-state index in [-0.39, 0.29) is 5.92 Å². The van der Waals surface area contributed by atoms with Gasteiger partial charge in [0.2, 0.25) is 0 Å². The van der Waals surface area contributed by atoms with Gasteiger partial charge in [0.15, 0.2) is 0 Å². The highest BCUT2D eigenvalue weighted by molar-refractivity contribution is 5.73. The highest BCUT2D eigenvalue weighted by Gasteiger charge is 2.45. The summed E-state index contributed by atoms with van der Waals surface area (Å²) in [5.41, 5.74) is 0.676. The Bertz CT molecular complexity index is 271. The van der Waals surface area contributed by atoms with Gasteiger partial charge in [0, 0.05) is 5.57 Å². The molecule has 1 aliphatic carbocycles. The predicted octanol–water partition coefficient (Wildman–Crippen LogP) is -0.0494. The zero-order chi connectivity index (χ0) is 9.47. The predicted molar refractivity (Wildman–Crippen MR) is 43.6 cm³/mol. The van der Waals surface area contributed by atoms with E-state index in [4.69, 9.17) is 9.84 Å². The van der Waals surface area contributed by atoms with E-state index in [1.54, 1.807) is 0 Å². The SMILES string of the molecule is O=C1C[C@H]2CCC=C2[C@](O)(CO)O1. The second-order valence-electron chi connectivity index (χ2n) is 3.55. The smallest absolute Gasteiger partial charge is 0.309 e. The second kappa shape index (κ2) is 2.82. The van der Waals surface area contributed by atoms with Gasteiger partial charge < -0.3 is 14.9 Å². The summed E-state index contributed by atoms with van der Waals surface area (Å²) in [6.07, 6.45) is 3.90. The zero-order valence-electron chi connectivity index (χ0n) is 7.19. The lowest BCUT2D eigenvalue weighted by Crippen LogP contribution is -2.46. The third kappa shape index (κ3) is 1.26. The molecule has 2 rings (SSSR count). The number of rotatable bonds is 1. The Morgan fingerprint density at radius 1 is 1.69 bits per heavy atom. The van der Waals surface area contributed by atoms with Gasteiger partial charge in [-0.1, -0.05) is 6.08 Å². The third-order valence-corrected chi connectivity index (χ3v) is 2.68. The zero-order valence-corrected chi connectivity index (χ0v) is 7.19. The quantitative estimate of drug-likeness (QED) is 0.443. The highest BCUT2D eigenvalue weighted by Crippen LogP contribution is 2.40. The maximum atomic E-state index is 11.1. The molecule has 13 heavy (non-hydrogen) atoms. The number of esters is 1. The number of fused-ring (bicyclic) bond motifs is 1. The van der Waals surface area contributed by atoms with Gasteiger partial charge in [-0.3, -0.25) is 4.79 Å². The molecule has 0 aromatic carbocycles. The molecule has 2 aliphatic rings. The molecule has 2 atom stereocenters. The minimum atomic E-state index is -1.74. The number of aliphatic hydroxyl groups is 2. The summed E-state index contributed by atoms with van der Waals surface area (Å²) in [6, 6.07) is 0. The van der Waals surface area contributed by atoms with Crippen LogP contribution in [0.15, 0.2) is 11.6 Å². The summed E-state index contributed by atoms with van der Waals surface area (Å²) in [6.45, 7) is -0.554. The Morgan fingerprint density at radius 3 is 3.15 bits per heavy atom. The molecular formula is C9H12O4. The highest BCUT2D eigenvalue weighted by atomic mass is 16.7. The molecule has 0 spiro atoms. The van der Waals surface area contributed by atoms with Gasteiger partial charge in [-0.15, -0.1) is 0 Å². The largest absolute Gasteiger partial charge is 0.426 e. The standard InChI is InChI=1S/C9H12O4/c10-5-9(12)7-3-1-2-6(7)4-8(11)13-9/h3,6,10,12H,1-2,4-5H2/t6-,9+/m1/s1. The van der Waals surface area contributed by atoms with Gasteiger partial charge in [-0.25, -0.2) is 0 Å². The Hall–Kier alpha value is -0.870. The van der Waals surface area contributed by atoms with Crippen molar-refractivity contribution in [3.05, 3.63) is 11.6 Å². The lowest BCUT2D eigenvalue weighted by molar-refractivity contribution is -0.217. The maximum Gasteiger partial charge on any atom is 0.309 e.